The van der Waals surface area contributed by atoms with Gasteiger partial charge in [-0.1, -0.05) is 6.42 Å². The number of rotatable bonds is 5. The zero-order chi connectivity index (χ0) is 7.11. The van der Waals surface area contributed by atoms with Crippen molar-refractivity contribution in [1.82, 2.24) is 4.90 Å². The van der Waals surface area contributed by atoms with Crippen LogP contribution in [0.4, 0.5) is 0 Å². The number of halogens is 1. The lowest BCUT2D eigenvalue weighted by Crippen LogP contribution is -2.13. The Kier molecular flexibility index (Phi) is 11.8. The zero-order valence-electron chi connectivity index (χ0n) is 6.97. The van der Waals surface area contributed by atoms with Crippen molar-refractivity contribution >= 4 is 12.4 Å². The number of nitrogens with two attached hydrogens (primary N) is 1. The van der Waals surface area contributed by atoms with Crippen molar-refractivity contribution in [1.29, 1.82) is 0 Å². The second-order valence-corrected chi connectivity index (χ2v) is 2.65. The van der Waals surface area contributed by atoms with Gasteiger partial charge in [0.25, 0.3) is 0 Å². The highest BCUT2D eigenvalue weighted by atomic mass is 35.5. The van der Waals surface area contributed by atoms with Crippen LogP contribution < -0.4 is 5.73 Å². The highest BCUT2D eigenvalue weighted by molar-refractivity contribution is 5.85. The van der Waals surface area contributed by atoms with E-state index >= 15 is 0 Å². The fraction of sp³-hybridized carbons (Fsp3) is 1.00. The Morgan fingerprint density at radius 3 is 2.10 bits per heavy atom. The Balaban J connectivity index is 0. The normalized spacial score (nSPS) is 9.60. The van der Waals surface area contributed by atoms with Crippen LogP contribution in [0.1, 0.15) is 19.3 Å². The first-order valence-corrected chi connectivity index (χ1v) is 3.62. The van der Waals surface area contributed by atoms with E-state index in [1.165, 1.54) is 25.8 Å². The van der Waals surface area contributed by atoms with Gasteiger partial charge in [0.2, 0.25) is 0 Å². The molecule has 0 rings (SSSR count). The minimum atomic E-state index is 0. The van der Waals surface area contributed by atoms with E-state index in [1.807, 2.05) is 0 Å². The average Bonchev–Trinajstić information content (AvgIpc) is 1.80. The van der Waals surface area contributed by atoms with Gasteiger partial charge in [0, 0.05) is 0 Å². The molecule has 64 valence electrons. The summed E-state index contributed by atoms with van der Waals surface area (Å²) in [6.45, 7) is 2.04. The fourth-order valence-electron chi connectivity index (χ4n) is 0.749. The van der Waals surface area contributed by atoms with Crippen LogP contribution in [-0.4, -0.2) is 32.1 Å². The summed E-state index contributed by atoms with van der Waals surface area (Å²) in [5.41, 5.74) is 5.33. The number of hydrogen-bond donors (Lipinski definition) is 1. The van der Waals surface area contributed by atoms with Gasteiger partial charge in [-0.3, -0.25) is 0 Å². The van der Waals surface area contributed by atoms with E-state index in [4.69, 9.17) is 5.73 Å². The van der Waals surface area contributed by atoms with E-state index in [1.54, 1.807) is 0 Å². The van der Waals surface area contributed by atoms with Gasteiger partial charge in [-0.2, -0.15) is 0 Å². The van der Waals surface area contributed by atoms with Crippen molar-refractivity contribution in [3.8, 4) is 0 Å². The molecular weight excluding hydrogens is 148 g/mol. The summed E-state index contributed by atoms with van der Waals surface area (Å²) in [6.07, 6.45) is 3.73. The van der Waals surface area contributed by atoms with Crippen LogP contribution >= 0.6 is 12.4 Å². The van der Waals surface area contributed by atoms with Crippen molar-refractivity contribution in [3.05, 3.63) is 0 Å². The van der Waals surface area contributed by atoms with E-state index < -0.39 is 0 Å². The SMILES string of the molecule is CN(C)CCCCCN.Cl. The van der Waals surface area contributed by atoms with Crippen LogP contribution in [0.5, 0.6) is 0 Å². The monoisotopic (exact) mass is 166 g/mol. The first kappa shape index (κ1) is 12.8. The van der Waals surface area contributed by atoms with Crippen LogP contribution in [0, 0.1) is 0 Å². The molecule has 0 saturated heterocycles. The fourth-order valence-corrected chi connectivity index (χ4v) is 0.749. The van der Waals surface area contributed by atoms with Crippen molar-refractivity contribution in [3.63, 3.8) is 0 Å². The summed E-state index contributed by atoms with van der Waals surface area (Å²) in [4.78, 5) is 2.20. The molecule has 3 heteroatoms. The zero-order valence-corrected chi connectivity index (χ0v) is 7.78. The third-order valence-corrected chi connectivity index (χ3v) is 1.31. The van der Waals surface area contributed by atoms with Gasteiger partial charge in [-0.25, -0.2) is 0 Å². The Labute approximate surface area is 70.2 Å². The molecule has 10 heavy (non-hydrogen) atoms. The quantitative estimate of drug-likeness (QED) is 0.620. The summed E-state index contributed by atoms with van der Waals surface area (Å²) >= 11 is 0. The predicted octanol–water partition coefficient (Wildman–Crippen LogP) is 1.10. The van der Waals surface area contributed by atoms with E-state index in [0.29, 0.717) is 0 Å². The minimum absolute atomic E-state index is 0. The van der Waals surface area contributed by atoms with Crippen LogP contribution in [0.15, 0.2) is 0 Å². The second kappa shape index (κ2) is 9.21. The largest absolute Gasteiger partial charge is 0.330 e. The van der Waals surface area contributed by atoms with Gasteiger partial charge in [-0.05, 0) is 40.0 Å². The summed E-state index contributed by atoms with van der Waals surface area (Å²) in [5, 5.41) is 0. The Bertz CT molecular complexity index is 57.6. The van der Waals surface area contributed by atoms with E-state index in [9.17, 15) is 0 Å². The third kappa shape index (κ3) is 11.1. The molecule has 0 unspecified atom stereocenters. The van der Waals surface area contributed by atoms with Crippen molar-refractivity contribution in [2.45, 2.75) is 19.3 Å². The van der Waals surface area contributed by atoms with Gasteiger partial charge >= 0.3 is 0 Å². The molecule has 0 aliphatic carbocycles. The van der Waals surface area contributed by atoms with Gasteiger partial charge in [0.15, 0.2) is 0 Å². The molecule has 0 aromatic rings. The molecular formula is C7H19ClN2. The molecule has 0 heterocycles. The predicted molar refractivity (Wildman–Crippen MR) is 48.7 cm³/mol. The molecule has 0 fully saturated rings. The minimum Gasteiger partial charge on any atom is -0.330 e. The molecule has 0 amide bonds. The lowest BCUT2D eigenvalue weighted by Gasteiger charge is -2.07. The van der Waals surface area contributed by atoms with Crippen molar-refractivity contribution in [2.75, 3.05) is 27.2 Å². The molecule has 0 bridgehead atoms. The van der Waals surface area contributed by atoms with Crippen LogP contribution in [-0.2, 0) is 0 Å². The van der Waals surface area contributed by atoms with Crippen molar-refractivity contribution < 1.29 is 0 Å². The summed E-state index contributed by atoms with van der Waals surface area (Å²) in [6, 6.07) is 0. The molecule has 0 aromatic heterocycles. The third-order valence-electron chi connectivity index (χ3n) is 1.31. The second-order valence-electron chi connectivity index (χ2n) is 2.65. The summed E-state index contributed by atoms with van der Waals surface area (Å²) < 4.78 is 0. The van der Waals surface area contributed by atoms with E-state index in [0.717, 1.165) is 6.54 Å². The smallest absolute Gasteiger partial charge is 0.00248 e. The molecule has 2 N–H and O–H groups in total. The highest BCUT2D eigenvalue weighted by Gasteiger charge is 1.88. The lowest BCUT2D eigenvalue weighted by atomic mass is 10.2. The molecule has 0 aromatic carbocycles. The topological polar surface area (TPSA) is 29.3 Å². The first-order valence-electron chi connectivity index (χ1n) is 3.62. The standard InChI is InChI=1S/C7H18N2.ClH/c1-9(2)7-5-3-4-6-8;/h3-8H2,1-2H3;1H. The molecule has 0 aliphatic rings. The number of nitrogens with zero attached hydrogens (tertiary/aromatic N) is 1. The number of hydrogen-bond acceptors (Lipinski definition) is 2. The molecule has 2 nitrogen and oxygen atoms in total. The van der Waals surface area contributed by atoms with Crippen LogP contribution in [0.2, 0.25) is 0 Å². The van der Waals surface area contributed by atoms with Crippen LogP contribution in [0.3, 0.4) is 0 Å². The molecule has 0 aliphatic heterocycles. The molecule has 0 atom stereocenters. The Morgan fingerprint density at radius 2 is 1.70 bits per heavy atom. The highest BCUT2D eigenvalue weighted by Crippen LogP contribution is 1.93. The maximum absolute atomic E-state index is 5.33. The summed E-state index contributed by atoms with van der Waals surface area (Å²) in [7, 11) is 4.20. The van der Waals surface area contributed by atoms with Crippen LogP contribution in [0.25, 0.3) is 0 Å². The van der Waals surface area contributed by atoms with Gasteiger partial charge in [0.1, 0.15) is 0 Å². The van der Waals surface area contributed by atoms with Gasteiger partial charge in [0.05, 0.1) is 0 Å². The number of unbranched alkanes of at least 4 members (excludes halogenated alkanes) is 2. The van der Waals surface area contributed by atoms with Gasteiger partial charge in [-0.15, -0.1) is 12.4 Å². The van der Waals surface area contributed by atoms with E-state index in [2.05, 4.69) is 19.0 Å². The van der Waals surface area contributed by atoms with E-state index in [-0.39, 0.29) is 12.4 Å². The average molecular weight is 167 g/mol. The molecule has 0 spiro atoms. The van der Waals surface area contributed by atoms with Gasteiger partial charge < -0.3 is 10.6 Å². The Morgan fingerprint density at radius 1 is 1.10 bits per heavy atom. The lowest BCUT2D eigenvalue weighted by molar-refractivity contribution is 0.392. The first-order chi connectivity index (χ1) is 4.27. The summed E-state index contributed by atoms with van der Waals surface area (Å²) in [5.74, 6) is 0. The van der Waals surface area contributed by atoms with Crippen molar-refractivity contribution in [2.24, 2.45) is 5.73 Å². The maximum Gasteiger partial charge on any atom is -0.00248 e. The molecule has 0 radical (unpaired) electrons. The Hall–Kier alpha value is 0.210. The molecule has 0 saturated carbocycles. The maximum atomic E-state index is 5.33.